The third kappa shape index (κ3) is 2.52. The van der Waals surface area contributed by atoms with Crippen molar-refractivity contribution in [2.75, 3.05) is 13.1 Å². The van der Waals surface area contributed by atoms with E-state index in [-0.39, 0.29) is 11.2 Å². The second-order valence-electron chi connectivity index (χ2n) is 6.97. The molecule has 6 heteroatoms. The topological polar surface area (TPSA) is 50.3 Å². The predicted octanol–water partition coefficient (Wildman–Crippen LogP) is 3.57. The van der Waals surface area contributed by atoms with Crippen LogP contribution in [-0.4, -0.2) is 36.6 Å². The van der Waals surface area contributed by atoms with E-state index in [2.05, 4.69) is 22.0 Å². The molecule has 1 aromatic carbocycles. The molecule has 0 aliphatic carbocycles. The van der Waals surface area contributed by atoms with Gasteiger partial charge in [0.05, 0.1) is 10.1 Å². The molecule has 1 fully saturated rings. The Morgan fingerprint density at radius 2 is 1.96 bits per heavy atom. The molecule has 0 radical (unpaired) electrons. The summed E-state index contributed by atoms with van der Waals surface area (Å²) < 4.78 is 26.1. The van der Waals surface area contributed by atoms with E-state index in [1.54, 1.807) is 23.7 Å². The van der Waals surface area contributed by atoms with E-state index < -0.39 is 9.84 Å². The number of rotatable bonds is 3. The van der Waals surface area contributed by atoms with Crippen LogP contribution in [0.1, 0.15) is 17.0 Å². The molecule has 132 valence electrons. The summed E-state index contributed by atoms with van der Waals surface area (Å²) >= 11 is 1.68. The quantitative estimate of drug-likeness (QED) is 0.695. The van der Waals surface area contributed by atoms with E-state index in [0.29, 0.717) is 11.4 Å². The Morgan fingerprint density at radius 3 is 2.73 bits per heavy atom. The van der Waals surface area contributed by atoms with Gasteiger partial charge in [0.1, 0.15) is 0 Å². The SMILES string of the molecule is O=S1(=O)c2ccc(-c3cccs3)cc2C2CN(Cc3ccncc3)CC21. The van der Waals surface area contributed by atoms with Crippen LogP contribution in [0.3, 0.4) is 0 Å². The number of pyridine rings is 1. The lowest BCUT2D eigenvalue weighted by atomic mass is 9.96. The second-order valence-corrected chi connectivity index (χ2v) is 10.1. The van der Waals surface area contributed by atoms with Crippen LogP contribution in [0.5, 0.6) is 0 Å². The van der Waals surface area contributed by atoms with Gasteiger partial charge in [-0.05, 0) is 52.4 Å². The molecule has 0 spiro atoms. The van der Waals surface area contributed by atoms with E-state index in [1.807, 2.05) is 35.7 Å². The van der Waals surface area contributed by atoms with Gasteiger partial charge in [-0.2, -0.15) is 0 Å². The highest BCUT2D eigenvalue weighted by Gasteiger charge is 2.50. The van der Waals surface area contributed by atoms with Gasteiger partial charge in [-0.15, -0.1) is 11.3 Å². The van der Waals surface area contributed by atoms with E-state index in [0.717, 1.165) is 24.2 Å². The third-order valence-electron chi connectivity index (χ3n) is 5.42. The van der Waals surface area contributed by atoms with Crippen LogP contribution in [0, 0.1) is 0 Å². The molecule has 5 rings (SSSR count). The van der Waals surface area contributed by atoms with E-state index in [1.165, 1.54) is 10.4 Å². The van der Waals surface area contributed by atoms with Crippen molar-refractivity contribution in [1.82, 2.24) is 9.88 Å². The molecular weight excluding hydrogens is 364 g/mol. The highest BCUT2D eigenvalue weighted by Crippen LogP contribution is 2.46. The average molecular weight is 383 g/mol. The van der Waals surface area contributed by atoms with Crippen LogP contribution in [0.4, 0.5) is 0 Å². The number of nitrogens with zero attached hydrogens (tertiary/aromatic N) is 2. The smallest absolute Gasteiger partial charge is 0.183 e. The molecule has 3 aromatic rings. The molecule has 0 amide bonds. The van der Waals surface area contributed by atoms with Crippen molar-refractivity contribution in [2.45, 2.75) is 22.6 Å². The Morgan fingerprint density at radius 1 is 1.12 bits per heavy atom. The van der Waals surface area contributed by atoms with Crippen LogP contribution in [0.2, 0.25) is 0 Å². The van der Waals surface area contributed by atoms with Gasteiger partial charge in [0.25, 0.3) is 0 Å². The Balaban J connectivity index is 1.49. The molecule has 2 atom stereocenters. The zero-order chi connectivity index (χ0) is 17.7. The number of benzene rings is 1. The molecule has 4 heterocycles. The minimum atomic E-state index is -3.24. The van der Waals surface area contributed by atoms with E-state index >= 15 is 0 Å². The summed E-state index contributed by atoms with van der Waals surface area (Å²) in [5.74, 6) is 0.0664. The largest absolute Gasteiger partial charge is 0.297 e. The fourth-order valence-electron chi connectivity index (χ4n) is 4.20. The van der Waals surface area contributed by atoms with Crippen LogP contribution >= 0.6 is 11.3 Å². The molecular formula is C20H18N2O2S2. The van der Waals surface area contributed by atoms with Gasteiger partial charge in [0.2, 0.25) is 0 Å². The number of likely N-dealkylation sites (tertiary alicyclic amines) is 1. The lowest BCUT2D eigenvalue weighted by molar-refractivity contribution is 0.325. The molecule has 2 aromatic heterocycles. The molecule has 2 unspecified atom stereocenters. The van der Waals surface area contributed by atoms with Crippen molar-refractivity contribution in [3.8, 4) is 10.4 Å². The van der Waals surface area contributed by atoms with Gasteiger partial charge >= 0.3 is 0 Å². The van der Waals surface area contributed by atoms with Crippen LogP contribution < -0.4 is 0 Å². The first-order valence-electron chi connectivity index (χ1n) is 8.66. The van der Waals surface area contributed by atoms with Crippen LogP contribution in [0.15, 0.2) is 65.1 Å². The molecule has 26 heavy (non-hydrogen) atoms. The Kier molecular flexibility index (Phi) is 3.74. The summed E-state index contributed by atoms with van der Waals surface area (Å²) in [5, 5.41) is 1.73. The summed E-state index contributed by atoms with van der Waals surface area (Å²) in [7, 11) is -3.24. The zero-order valence-electron chi connectivity index (χ0n) is 14.1. The average Bonchev–Trinajstić information content (AvgIpc) is 3.35. The molecule has 2 aliphatic heterocycles. The van der Waals surface area contributed by atoms with Gasteiger partial charge in [0, 0.05) is 42.8 Å². The standard InChI is InChI=1S/C20H18N2O2S2/c23-26(24)19-4-3-15(18-2-1-9-25-18)10-16(19)17-12-22(13-20(17)26)11-14-5-7-21-8-6-14/h1-10,17,20H,11-13H2. The van der Waals surface area contributed by atoms with Crippen molar-refractivity contribution in [3.05, 3.63) is 71.4 Å². The van der Waals surface area contributed by atoms with Gasteiger partial charge in [-0.3, -0.25) is 9.88 Å². The summed E-state index contributed by atoms with van der Waals surface area (Å²) in [6.45, 7) is 2.15. The van der Waals surface area contributed by atoms with Gasteiger partial charge < -0.3 is 0 Å². The number of thiophene rings is 1. The maximum Gasteiger partial charge on any atom is 0.183 e. The monoisotopic (exact) mass is 382 g/mol. The van der Waals surface area contributed by atoms with Gasteiger partial charge in [-0.1, -0.05) is 12.1 Å². The fraction of sp³-hybridized carbons (Fsp3) is 0.250. The Bertz CT molecular complexity index is 1050. The molecule has 0 bridgehead atoms. The minimum Gasteiger partial charge on any atom is -0.297 e. The zero-order valence-corrected chi connectivity index (χ0v) is 15.7. The molecule has 0 saturated carbocycles. The molecule has 4 nitrogen and oxygen atoms in total. The second kappa shape index (κ2) is 6.01. The normalized spacial score (nSPS) is 23.7. The minimum absolute atomic E-state index is 0.0664. The third-order valence-corrected chi connectivity index (χ3v) is 8.60. The van der Waals surface area contributed by atoms with Crippen molar-refractivity contribution in [1.29, 1.82) is 0 Å². The molecule has 0 N–H and O–H groups in total. The first-order chi connectivity index (χ1) is 12.6. The predicted molar refractivity (Wildman–Crippen MR) is 103 cm³/mol. The van der Waals surface area contributed by atoms with Gasteiger partial charge in [-0.25, -0.2) is 8.42 Å². The summed E-state index contributed by atoms with van der Waals surface area (Å²) in [6, 6.07) is 13.9. The number of hydrogen-bond donors (Lipinski definition) is 0. The maximum atomic E-state index is 13.0. The lowest BCUT2D eigenvalue weighted by Gasteiger charge is -2.17. The number of hydrogen-bond acceptors (Lipinski definition) is 5. The van der Waals surface area contributed by atoms with Crippen molar-refractivity contribution < 1.29 is 8.42 Å². The Hall–Kier alpha value is -2.02. The summed E-state index contributed by atoms with van der Waals surface area (Å²) in [5.41, 5.74) is 3.28. The first-order valence-corrected chi connectivity index (χ1v) is 11.1. The van der Waals surface area contributed by atoms with E-state index in [4.69, 9.17) is 0 Å². The van der Waals surface area contributed by atoms with Crippen molar-refractivity contribution in [3.63, 3.8) is 0 Å². The fourth-order valence-corrected chi connectivity index (χ4v) is 7.12. The number of aromatic nitrogens is 1. The highest BCUT2D eigenvalue weighted by molar-refractivity contribution is 7.92. The molecule has 2 aliphatic rings. The Labute approximate surface area is 157 Å². The van der Waals surface area contributed by atoms with Crippen LogP contribution in [0.25, 0.3) is 10.4 Å². The number of sulfone groups is 1. The lowest BCUT2D eigenvalue weighted by Crippen LogP contribution is -2.25. The summed E-state index contributed by atoms with van der Waals surface area (Å²) in [6.07, 6.45) is 3.57. The summed E-state index contributed by atoms with van der Waals surface area (Å²) in [4.78, 5) is 8.02. The number of fused-ring (bicyclic) bond motifs is 3. The van der Waals surface area contributed by atoms with Crippen molar-refractivity contribution >= 4 is 21.2 Å². The molecule has 1 saturated heterocycles. The van der Waals surface area contributed by atoms with E-state index in [9.17, 15) is 8.42 Å². The van der Waals surface area contributed by atoms with Crippen molar-refractivity contribution in [2.24, 2.45) is 0 Å². The highest BCUT2D eigenvalue weighted by atomic mass is 32.2. The van der Waals surface area contributed by atoms with Gasteiger partial charge in [0.15, 0.2) is 9.84 Å². The van der Waals surface area contributed by atoms with Crippen LogP contribution in [-0.2, 0) is 16.4 Å². The maximum absolute atomic E-state index is 13.0. The first kappa shape index (κ1) is 16.2.